The zero-order chi connectivity index (χ0) is 17.8. The van der Waals surface area contributed by atoms with Crippen LogP contribution in [0.25, 0.3) is 0 Å². The zero-order valence-corrected chi connectivity index (χ0v) is 14.6. The van der Waals surface area contributed by atoms with Crippen LogP contribution in [0.5, 0.6) is 11.5 Å². The van der Waals surface area contributed by atoms with Crippen molar-refractivity contribution in [2.24, 2.45) is 0 Å². The Bertz CT molecular complexity index is 740. The first-order chi connectivity index (χ1) is 12.0. The molecule has 1 aliphatic rings. The van der Waals surface area contributed by atoms with Crippen molar-refractivity contribution in [3.8, 4) is 11.5 Å². The number of rotatable bonds is 4. The number of amides is 1. The van der Waals surface area contributed by atoms with Crippen LogP contribution in [0.4, 0.5) is 5.69 Å². The van der Waals surface area contributed by atoms with Crippen molar-refractivity contribution in [1.82, 2.24) is 9.88 Å². The molecule has 1 aliphatic heterocycles. The summed E-state index contributed by atoms with van der Waals surface area (Å²) in [6.07, 6.45) is 3.23. The molecule has 25 heavy (non-hydrogen) atoms. The highest BCUT2D eigenvalue weighted by Crippen LogP contribution is 2.27. The third kappa shape index (κ3) is 4.02. The number of pyridine rings is 1. The molecule has 132 valence electrons. The van der Waals surface area contributed by atoms with Crippen molar-refractivity contribution in [3.05, 3.63) is 48.3 Å². The van der Waals surface area contributed by atoms with Gasteiger partial charge >= 0.3 is 0 Å². The van der Waals surface area contributed by atoms with Gasteiger partial charge in [-0.15, -0.1) is 0 Å². The van der Waals surface area contributed by atoms with Crippen LogP contribution in [0.15, 0.2) is 42.7 Å². The first kappa shape index (κ1) is 17.1. The normalized spacial score (nSPS) is 14.7. The summed E-state index contributed by atoms with van der Waals surface area (Å²) in [5.41, 5.74) is 1.35. The fourth-order valence-corrected chi connectivity index (χ4v) is 2.94. The Kier molecular flexibility index (Phi) is 5.07. The molecule has 1 amide bonds. The first-order valence-corrected chi connectivity index (χ1v) is 8.48. The molecule has 0 atom stereocenters. The Labute approximate surface area is 147 Å². The number of carbonyl (C=O) groups excluding carboxylic acids is 1. The Hall–Kier alpha value is -2.76. The number of phenols is 1. The van der Waals surface area contributed by atoms with Crippen LogP contribution >= 0.6 is 0 Å². The largest absolute Gasteiger partial charge is 0.506 e. The summed E-state index contributed by atoms with van der Waals surface area (Å²) in [7, 11) is 0. The molecule has 2 heterocycles. The number of benzene rings is 1. The predicted octanol–water partition coefficient (Wildman–Crippen LogP) is 2.54. The molecule has 6 nitrogen and oxygen atoms in total. The number of hydrogen-bond donors (Lipinski definition) is 1. The monoisotopic (exact) mass is 341 g/mol. The van der Waals surface area contributed by atoms with Gasteiger partial charge in [0.1, 0.15) is 11.5 Å². The summed E-state index contributed by atoms with van der Waals surface area (Å²) in [6, 6.07) is 9.02. The summed E-state index contributed by atoms with van der Waals surface area (Å²) in [4.78, 5) is 20.7. The third-order valence-electron chi connectivity index (χ3n) is 4.12. The average Bonchev–Trinajstić information content (AvgIpc) is 2.61. The highest BCUT2D eigenvalue weighted by Gasteiger charge is 2.24. The van der Waals surface area contributed by atoms with Gasteiger partial charge in [0, 0.05) is 32.4 Å². The van der Waals surface area contributed by atoms with E-state index in [0.29, 0.717) is 37.5 Å². The first-order valence-electron chi connectivity index (χ1n) is 8.48. The van der Waals surface area contributed by atoms with E-state index in [1.165, 1.54) is 0 Å². The molecular weight excluding hydrogens is 318 g/mol. The third-order valence-corrected chi connectivity index (χ3v) is 4.12. The van der Waals surface area contributed by atoms with Crippen LogP contribution < -0.4 is 9.64 Å². The van der Waals surface area contributed by atoms with E-state index in [9.17, 15) is 9.90 Å². The van der Waals surface area contributed by atoms with Gasteiger partial charge in [0.15, 0.2) is 0 Å². The van der Waals surface area contributed by atoms with Crippen molar-refractivity contribution in [2.75, 3.05) is 31.1 Å². The molecule has 1 aromatic carbocycles. The predicted molar refractivity (Wildman–Crippen MR) is 96.2 cm³/mol. The molecule has 6 heteroatoms. The molecule has 0 saturated carbocycles. The van der Waals surface area contributed by atoms with E-state index in [1.807, 2.05) is 30.9 Å². The van der Waals surface area contributed by atoms with Gasteiger partial charge in [-0.05, 0) is 32.0 Å². The Morgan fingerprint density at radius 2 is 1.88 bits per heavy atom. The van der Waals surface area contributed by atoms with E-state index in [4.69, 9.17) is 4.74 Å². The van der Waals surface area contributed by atoms with Crippen LogP contribution in [0.3, 0.4) is 0 Å². The Morgan fingerprint density at radius 1 is 1.16 bits per heavy atom. The quantitative estimate of drug-likeness (QED) is 0.926. The van der Waals surface area contributed by atoms with E-state index in [-0.39, 0.29) is 17.8 Å². The maximum atomic E-state index is 12.7. The van der Waals surface area contributed by atoms with Crippen molar-refractivity contribution >= 4 is 11.6 Å². The molecule has 1 fully saturated rings. The van der Waals surface area contributed by atoms with Gasteiger partial charge in [0.05, 0.1) is 23.6 Å². The Balaban J connectivity index is 1.65. The molecule has 0 bridgehead atoms. The lowest BCUT2D eigenvalue weighted by Gasteiger charge is -2.36. The van der Waals surface area contributed by atoms with Crippen molar-refractivity contribution < 1.29 is 14.6 Å². The van der Waals surface area contributed by atoms with Crippen LogP contribution in [0.2, 0.25) is 0 Å². The topological polar surface area (TPSA) is 65.9 Å². The number of hydrogen-bond acceptors (Lipinski definition) is 5. The molecule has 1 N–H and O–H groups in total. The SMILES string of the molecule is CC(C)Oc1cncc(C(=O)N2CCN(c3ccccc3O)CC2)c1. The highest BCUT2D eigenvalue weighted by molar-refractivity contribution is 5.94. The zero-order valence-electron chi connectivity index (χ0n) is 14.6. The van der Waals surface area contributed by atoms with E-state index in [2.05, 4.69) is 9.88 Å². The van der Waals surface area contributed by atoms with Gasteiger partial charge in [-0.25, -0.2) is 0 Å². The summed E-state index contributed by atoms with van der Waals surface area (Å²) < 4.78 is 5.61. The second kappa shape index (κ2) is 7.42. The number of nitrogens with zero attached hydrogens (tertiary/aromatic N) is 3. The lowest BCUT2D eigenvalue weighted by atomic mass is 10.2. The van der Waals surface area contributed by atoms with Gasteiger partial charge in [-0.3, -0.25) is 9.78 Å². The minimum absolute atomic E-state index is 0.0363. The molecule has 1 aromatic heterocycles. The van der Waals surface area contributed by atoms with Crippen LogP contribution in [0, 0.1) is 0 Å². The number of aromatic hydroxyl groups is 1. The Morgan fingerprint density at radius 3 is 2.56 bits per heavy atom. The fourth-order valence-electron chi connectivity index (χ4n) is 2.94. The number of aromatic nitrogens is 1. The van der Waals surface area contributed by atoms with E-state index in [1.54, 1.807) is 30.6 Å². The van der Waals surface area contributed by atoms with Gasteiger partial charge in [-0.2, -0.15) is 0 Å². The van der Waals surface area contributed by atoms with Gasteiger partial charge in [-0.1, -0.05) is 12.1 Å². The molecule has 0 radical (unpaired) electrons. The number of phenolic OH excluding ortho intramolecular Hbond substituents is 1. The summed E-state index contributed by atoms with van der Waals surface area (Å²) in [6.45, 7) is 6.43. The summed E-state index contributed by atoms with van der Waals surface area (Å²) in [5, 5.41) is 9.97. The fraction of sp³-hybridized carbons (Fsp3) is 0.368. The van der Waals surface area contributed by atoms with Gasteiger partial charge in [0.2, 0.25) is 0 Å². The van der Waals surface area contributed by atoms with Gasteiger partial charge < -0.3 is 19.6 Å². The number of ether oxygens (including phenoxy) is 1. The minimum atomic E-state index is -0.0429. The van der Waals surface area contributed by atoms with E-state index in [0.717, 1.165) is 5.69 Å². The maximum absolute atomic E-state index is 12.7. The maximum Gasteiger partial charge on any atom is 0.255 e. The molecule has 0 aliphatic carbocycles. The molecule has 2 aromatic rings. The number of anilines is 1. The molecular formula is C19H23N3O3. The van der Waals surface area contributed by atoms with Gasteiger partial charge in [0.25, 0.3) is 5.91 Å². The van der Waals surface area contributed by atoms with Crippen molar-refractivity contribution in [2.45, 2.75) is 20.0 Å². The number of para-hydroxylation sites is 2. The second-order valence-electron chi connectivity index (χ2n) is 6.34. The molecule has 1 saturated heterocycles. The van der Waals surface area contributed by atoms with Crippen molar-refractivity contribution in [3.63, 3.8) is 0 Å². The molecule has 0 spiro atoms. The highest BCUT2D eigenvalue weighted by atomic mass is 16.5. The number of carbonyl (C=O) groups is 1. The average molecular weight is 341 g/mol. The summed E-state index contributed by atoms with van der Waals surface area (Å²) in [5.74, 6) is 0.831. The lowest BCUT2D eigenvalue weighted by molar-refractivity contribution is 0.0745. The number of piperazine rings is 1. The molecule has 0 unspecified atom stereocenters. The van der Waals surface area contributed by atoms with Crippen LogP contribution in [0.1, 0.15) is 24.2 Å². The minimum Gasteiger partial charge on any atom is -0.506 e. The molecule has 3 rings (SSSR count). The van der Waals surface area contributed by atoms with Crippen LogP contribution in [-0.4, -0.2) is 53.2 Å². The lowest BCUT2D eigenvalue weighted by Crippen LogP contribution is -2.48. The second-order valence-corrected chi connectivity index (χ2v) is 6.34. The van der Waals surface area contributed by atoms with E-state index < -0.39 is 0 Å². The standard InChI is InChI=1S/C19H23N3O3/c1-14(2)25-16-11-15(12-20-13-16)19(24)22-9-7-21(8-10-22)17-5-3-4-6-18(17)23/h3-6,11-14,23H,7-10H2,1-2H3. The smallest absolute Gasteiger partial charge is 0.255 e. The van der Waals surface area contributed by atoms with Crippen LogP contribution in [-0.2, 0) is 0 Å². The van der Waals surface area contributed by atoms with Crippen molar-refractivity contribution in [1.29, 1.82) is 0 Å². The summed E-state index contributed by atoms with van der Waals surface area (Å²) >= 11 is 0. The van der Waals surface area contributed by atoms with E-state index >= 15 is 0 Å².